The van der Waals surface area contributed by atoms with E-state index in [4.69, 9.17) is 4.74 Å². The third kappa shape index (κ3) is 4.39. The van der Waals surface area contributed by atoms with Gasteiger partial charge in [0, 0.05) is 11.3 Å². The Hall–Kier alpha value is -3.56. The molecule has 0 saturated carbocycles. The molecule has 0 bridgehead atoms. The van der Waals surface area contributed by atoms with Crippen molar-refractivity contribution in [2.75, 3.05) is 7.11 Å². The van der Waals surface area contributed by atoms with Gasteiger partial charge in [-0.05, 0) is 53.4 Å². The molecule has 4 aromatic rings. The molecule has 0 spiro atoms. The second-order valence-electron chi connectivity index (χ2n) is 7.64. The summed E-state index contributed by atoms with van der Waals surface area (Å²) in [7, 11) is 1.66. The molecule has 0 saturated heterocycles. The fraction of sp³-hybridized carbons (Fsp3) is 0.192. The molecule has 160 valence electrons. The monoisotopic (exact) mass is 440 g/mol. The summed E-state index contributed by atoms with van der Waals surface area (Å²) in [5, 5.41) is 19.3. The third-order valence-corrected chi connectivity index (χ3v) is 6.25. The Bertz CT molecular complexity index is 1260. The summed E-state index contributed by atoms with van der Waals surface area (Å²) >= 11 is 1.58. The maximum absolute atomic E-state index is 9.44. The lowest BCUT2D eigenvalue weighted by atomic mass is 10.0. The standard InChI is InChI=1S/C26H24N4OS/c1-18(2)23-10-6-7-11-24(23)30-25(19-12-14-22(31-3)15-13-19)28-29-26(30)32-17-21-9-5-4-8-20(21)16-27/h4-15,18H,17H2,1-3H3. The van der Waals surface area contributed by atoms with Gasteiger partial charge in [-0.15, -0.1) is 10.2 Å². The molecule has 6 heteroatoms. The van der Waals surface area contributed by atoms with Gasteiger partial charge in [-0.2, -0.15) is 5.26 Å². The largest absolute Gasteiger partial charge is 0.497 e. The van der Waals surface area contributed by atoms with Gasteiger partial charge in [0.1, 0.15) is 5.75 Å². The number of nitrogens with zero attached hydrogens (tertiary/aromatic N) is 4. The number of hydrogen-bond acceptors (Lipinski definition) is 5. The van der Waals surface area contributed by atoms with E-state index in [0.29, 0.717) is 17.2 Å². The molecule has 0 aliphatic rings. The zero-order valence-corrected chi connectivity index (χ0v) is 19.1. The summed E-state index contributed by atoms with van der Waals surface area (Å²) in [5.41, 5.74) is 4.92. The zero-order chi connectivity index (χ0) is 22.5. The Morgan fingerprint density at radius 1 is 0.969 bits per heavy atom. The Labute approximate surface area is 192 Å². The van der Waals surface area contributed by atoms with Crippen LogP contribution in [0.3, 0.4) is 0 Å². The quantitative estimate of drug-likeness (QED) is 0.319. The van der Waals surface area contributed by atoms with Gasteiger partial charge in [0.25, 0.3) is 0 Å². The van der Waals surface area contributed by atoms with Crippen molar-refractivity contribution in [1.29, 1.82) is 5.26 Å². The highest BCUT2D eigenvalue weighted by Crippen LogP contribution is 2.34. The molecule has 1 aromatic heterocycles. The second-order valence-corrected chi connectivity index (χ2v) is 8.58. The number of para-hydroxylation sites is 1. The first kappa shape index (κ1) is 21.7. The van der Waals surface area contributed by atoms with E-state index in [0.717, 1.165) is 33.5 Å². The van der Waals surface area contributed by atoms with Gasteiger partial charge in [0.2, 0.25) is 0 Å². The van der Waals surface area contributed by atoms with Crippen LogP contribution in [-0.2, 0) is 5.75 Å². The molecule has 4 rings (SSSR count). The van der Waals surface area contributed by atoms with E-state index in [-0.39, 0.29) is 0 Å². The van der Waals surface area contributed by atoms with Crippen LogP contribution in [-0.4, -0.2) is 21.9 Å². The normalized spacial score (nSPS) is 10.8. The average molecular weight is 441 g/mol. The molecule has 32 heavy (non-hydrogen) atoms. The van der Waals surface area contributed by atoms with Crippen molar-refractivity contribution in [3.63, 3.8) is 0 Å². The SMILES string of the molecule is COc1ccc(-c2nnc(SCc3ccccc3C#N)n2-c2ccccc2C(C)C)cc1. The summed E-state index contributed by atoms with van der Waals surface area (Å²) < 4.78 is 7.43. The number of nitriles is 1. The predicted molar refractivity (Wildman–Crippen MR) is 128 cm³/mol. The Morgan fingerprint density at radius 2 is 1.69 bits per heavy atom. The minimum absolute atomic E-state index is 0.342. The molecule has 0 aliphatic carbocycles. The Morgan fingerprint density at radius 3 is 2.41 bits per heavy atom. The minimum atomic E-state index is 0.342. The van der Waals surface area contributed by atoms with Crippen LogP contribution in [0.15, 0.2) is 78.0 Å². The van der Waals surface area contributed by atoms with E-state index in [1.54, 1.807) is 18.9 Å². The molecule has 0 aliphatic heterocycles. The van der Waals surface area contributed by atoms with Crippen LogP contribution in [0.1, 0.15) is 36.5 Å². The van der Waals surface area contributed by atoms with Crippen molar-refractivity contribution >= 4 is 11.8 Å². The Kier molecular flexibility index (Phi) is 6.58. The van der Waals surface area contributed by atoms with Gasteiger partial charge in [-0.25, -0.2) is 0 Å². The minimum Gasteiger partial charge on any atom is -0.497 e. The van der Waals surface area contributed by atoms with E-state index in [1.165, 1.54) is 5.56 Å². The van der Waals surface area contributed by atoms with Crippen molar-refractivity contribution in [2.45, 2.75) is 30.7 Å². The summed E-state index contributed by atoms with van der Waals surface area (Å²) in [4.78, 5) is 0. The number of benzene rings is 3. The van der Waals surface area contributed by atoms with Crippen molar-refractivity contribution in [1.82, 2.24) is 14.8 Å². The molecule has 0 radical (unpaired) electrons. The van der Waals surface area contributed by atoms with Crippen LogP contribution in [0.25, 0.3) is 17.1 Å². The number of aromatic nitrogens is 3. The van der Waals surface area contributed by atoms with Crippen molar-refractivity contribution in [2.24, 2.45) is 0 Å². The average Bonchev–Trinajstić information content (AvgIpc) is 3.26. The maximum Gasteiger partial charge on any atom is 0.196 e. The lowest BCUT2D eigenvalue weighted by Crippen LogP contribution is -2.05. The van der Waals surface area contributed by atoms with Gasteiger partial charge < -0.3 is 4.74 Å². The van der Waals surface area contributed by atoms with Crippen LogP contribution in [0.4, 0.5) is 0 Å². The number of methoxy groups -OCH3 is 1. The van der Waals surface area contributed by atoms with Crippen LogP contribution in [0.2, 0.25) is 0 Å². The van der Waals surface area contributed by atoms with Gasteiger partial charge in [-0.3, -0.25) is 4.57 Å². The molecule has 0 atom stereocenters. The zero-order valence-electron chi connectivity index (χ0n) is 18.3. The Balaban J connectivity index is 1.80. The van der Waals surface area contributed by atoms with Crippen molar-refractivity contribution in [3.8, 4) is 28.9 Å². The van der Waals surface area contributed by atoms with E-state index in [1.807, 2.05) is 54.6 Å². The van der Waals surface area contributed by atoms with Gasteiger partial charge in [-0.1, -0.05) is 62.0 Å². The molecule has 5 nitrogen and oxygen atoms in total. The highest BCUT2D eigenvalue weighted by Gasteiger charge is 2.20. The summed E-state index contributed by atoms with van der Waals surface area (Å²) in [6.45, 7) is 4.37. The lowest BCUT2D eigenvalue weighted by molar-refractivity contribution is 0.415. The summed E-state index contributed by atoms with van der Waals surface area (Å²) in [6, 6.07) is 26.2. The van der Waals surface area contributed by atoms with Gasteiger partial charge in [0.05, 0.1) is 24.4 Å². The topological polar surface area (TPSA) is 63.7 Å². The fourth-order valence-corrected chi connectivity index (χ4v) is 4.53. The lowest BCUT2D eigenvalue weighted by Gasteiger charge is -2.17. The highest BCUT2D eigenvalue weighted by molar-refractivity contribution is 7.98. The predicted octanol–water partition coefficient (Wildman–Crippen LogP) is 6.23. The van der Waals surface area contributed by atoms with E-state index < -0.39 is 0 Å². The smallest absolute Gasteiger partial charge is 0.196 e. The third-order valence-electron chi connectivity index (χ3n) is 5.28. The first-order valence-corrected chi connectivity index (χ1v) is 11.4. The molecule has 0 unspecified atom stereocenters. The van der Waals surface area contributed by atoms with Crippen LogP contribution in [0.5, 0.6) is 5.75 Å². The van der Waals surface area contributed by atoms with Crippen LogP contribution >= 0.6 is 11.8 Å². The number of thioether (sulfide) groups is 1. The van der Waals surface area contributed by atoms with Crippen molar-refractivity contribution < 1.29 is 4.74 Å². The molecule has 0 fully saturated rings. The fourth-order valence-electron chi connectivity index (χ4n) is 3.58. The van der Waals surface area contributed by atoms with Gasteiger partial charge >= 0.3 is 0 Å². The van der Waals surface area contributed by atoms with Crippen LogP contribution in [0, 0.1) is 11.3 Å². The number of hydrogen-bond donors (Lipinski definition) is 0. The number of rotatable bonds is 7. The van der Waals surface area contributed by atoms with Crippen LogP contribution < -0.4 is 4.74 Å². The number of ether oxygens (including phenoxy) is 1. The summed E-state index contributed by atoms with van der Waals surface area (Å²) in [5.74, 6) is 2.55. The molecule has 3 aromatic carbocycles. The van der Waals surface area contributed by atoms with Crippen molar-refractivity contribution in [3.05, 3.63) is 89.5 Å². The summed E-state index contributed by atoms with van der Waals surface area (Å²) in [6.07, 6.45) is 0. The molecule has 0 amide bonds. The molecular formula is C26H24N4OS. The second kappa shape index (κ2) is 9.71. The molecular weight excluding hydrogens is 416 g/mol. The molecule has 0 N–H and O–H groups in total. The van der Waals surface area contributed by atoms with E-state index >= 15 is 0 Å². The first-order chi connectivity index (χ1) is 15.6. The van der Waals surface area contributed by atoms with Gasteiger partial charge in [0.15, 0.2) is 11.0 Å². The van der Waals surface area contributed by atoms with E-state index in [2.05, 4.69) is 52.9 Å². The maximum atomic E-state index is 9.44. The van der Waals surface area contributed by atoms with E-state index in [9.17, 15) is 5.26 Å². The molecule has 1 heterocycles. The highest BCUT2D eigenvalue weighted by atomic mass is 32.2. The first-order valence-electron chi connectivity index (χ1n) is 10.4.